The van der Waals surface area contributed by atoms with E-state index >= 15 is 0 Å². The molecular formula is C22H32N4O5. The molecule has 1 aromatic heterocycles. The van der Waals surface area contributed by atoms with Crippen LogP contribution in [-0.4, -0.2) is 78.0 Å². The quantitative estimate of drug-likeness (QED) is 0.752. The van der Waals surface area contributed by atoms with Crippen molar-refractivity contribution < 1.29 is 24.5 Å². The molecule has 1 atom stereocenters. The topological polar surface area (TPSA) is 106 Å². The summed E-state index contributed by atoms with van der Waals surface area (Å²) in [4.78, 5) is 34.6. The highest BCUT2D eigenvalue weighted by atomic mass is 16.5. The Labute approximate surface area is 182 Å². The van der Waals surface area contributed by atoms with Crippen LogP contribution in [0.1, 0.15) is 44.9 Å². The molecule has 31 heavy (non-hydrogen) atoms. The van der Waals surface area contributed by atoms with E-state index in [4.69, 9.17) is 4.74 Å². The lowest BCUT2D eigenvalue weighted by molar-refractivity contribution is -0.139. The second-order valence-electron chi connectivity index (χ2n) is 9.08. The molecule has 3 heterocycles. The number of piperidine rings is 1. The molecule has 1 aliphatic carbocycles. The van der Waals surface area contributed by atoms with Crippen LogP contribution in [0, 0.1) is 5.41 Å². The van der Waals surface area contributed by atoms with Crippen molar-refractivity contribution in [3.8, 4) is 5.75 Å². The normalized spacial score (nSPS) is 28.8. The molecule has 9 heteroatoms. The average Bonchev–Trinajstić information content (AvgIpc) is 3.08. The van der Waals surface area contributed by atoms with Crippen LogP contribution in [0.15, 0.2) is 12.3 Å². The first kappa shape index (κ1) is 21.7. The number of anilines is 2. The molecule has 2 saturated heterocycles. The van der Waals surface area contributed by atoms with Gasteiger partial charge in [0.1, 0.15) is 0 Å². The lowest BCUT2D eigenvalue weighted by atomic mass is 9.78. The molecule has 3 aliphatic rings. The van der Waals surface area contributed by atoms with Crippen LogP contribution in [-0.2, 0) is 4.79 Å². The highest BCUT2D eigenvalue weighted by Gasteiger charge is 2.51. The van der Waals surface area contributed by atoms with Gasteiger partial charge >= 0.3 is 6.09 Å². The predicted molar refractivity (Wildman–Crippen MR) is 116 cm³/mol. The second-order valence-corrected chi connectivity index (χ2v) is 9.08. The fourth-order valence-electron chi connectivity index (χ4n) is 5.37. The molecule has 0 bridgehead atoms. The highest BCUT2D eigenvalue weighted by Crippen LogP contribution is 2.44. The Hall–Kier alpha value is -2.55. The van der Waals surface area contributed by atoms with E-state index in [2.05, 4.69) is 14.8 Å². The Kier molecular flexibility index (Phi) is 5.96. The summed E-state index contributed by atoms with van der Waals surface area (Å²) in [5.41, 5.74) is 0.0276. The Balaban J connectivity index is 1.52. The minimum atomic E-state index is -1.07. The summed E-state index contributed by atoms with van der Waals surface area (Å²) >= 11 is 0. The van der Waals surface area contributed by atoms with Gasteiger partial charge in [0.25, 0.3) is 0 Å². The minimum Gasteiger partial charge on any atom is -0.493 e. The van der Waals surface area contributed by atoms with Crippen LogP contribution < -0.4 is 14.5 Å². The van der Waals surface area contributed by atoms with Gasteiger partial charge in [0, 0.05) is 38.8 Å². The molecule has 2 aliphatic heterocycles. The van der Waals surface area contributed by atoms with Gasteiger partial charge in [0.05, 0.1) is 30.5 Å². The summed E-state index contributed by atoms with van der Waals surface area (Å²) in [5, 5.41) is 19.0. The predicted octanol–water partition coefficient (Wildman–Crippen LogP) is 2.33. The van der Waals surface area contributed by atoms with Crippen molar-refractivity contribution in [2.24, 2.45) is 5.41 Å². The molecule has 1 spiro atoms. The van der Waals surface area contributed by atoms with Crippen LogP contribution in [0.25, 0.3) is 0 Å². The summed E-state index contributed by atoms with van der Waals surface area (Å²) in [6, 6.07) is 1.91. The number of aliphatic hydroxyl groups is 1. The third kappa shape index (κ3) is 4.03. The zero-order valence-electron chi connectivity index (χ0n) is 18.3. The first-order valence-electron chi connectivity index (χ1n) is 11.1. The van der Waals surface area contributed by atoms with Crippen LogP contribution in [0.3, 0.4) is 0 Å². The van der Waals surface area contributed by atoms with Crippen molar-refractivity contribution in [3.63, 3.8) is 0 Å². The van der Waals surface area contributed by atoms with E-state index in [1.54, 1.807) is 13.2 Å². The van der Waals surface area contributed by atoms with Crippen molar-refractivity contribution in [3.05, 3.63) is 12.3 Å². The van der Waals surface area contributed by atoms with Crippen LogP contribution in [0.2, 0.25) is 0 Å². The smallest absolute Gasteiger partial charge is 0.411 e. The van der Waals surface area contributed by atoms with E-state index in [1.165, 1.54) is 13.2 Å². The molecule has 1 aromatic rings. The first-order valence-corrected chi connectivity index (χ1v) is 11.1. The number of rotatable bonds is 4. The number of aromatic nitrogens is 1. The van der Waals surface area contributed by atoms with E-state index in [9.17, 15) is 19.8 Å². The van der Waals surface area contributed by atoms with Gasteiger partial charge in [0.15, 0.2) is 11.6 Å². The number of methoxy groups -OCH3 is 1. The zero-order chi connectivity index (χ0) is 22.2. The summed E-state index contributed by atoms with van der Waals surface area (Å²) in [5.74, 6) is 1.39. The minimum absolute atomic E-state index is 0.227. The molecular weight excluding hydrogens is 400 g/mol. The standard InChI is InChI=1S/C22H32N4O5/c1-24(21(29)30)16-12-18(31-2)19(23-13-16)25-10-3-8-22(14-25)9-11-26(20(22)28)15-4-6-17(27)7-5-15/h12-13,15,17,27H,3-11,14H2,1-2H3,(H,29,30)/t15-,17+,22?. The van der Waals surface area contributed by atoms with Gasteiger partial charge in [-0.1, -0.05) is 0 Å². The monoisotopic (exact) mass is 432 g/mol. The maximum absolute atomic E-state index is 13.5. The largest absolute Gasteiger partial charge is 0.493 e. The molecule has 2 N–H and O–H groups in total. The number of hydrogen-bond acceptors (Lipinski definition) is 6. The fourth-order valence-corrected chi connectivity index (χ4v) is 5.37. The van der Waals surface area contributed by atoms with E-state index in [0.717, 1.165) is 62.9 Å². The van der Waals surface area contributed by atoms with E-state index < -0.39 is 11.5 Å². The Morgan fingerprint density at radius 1 is 1.26 bits per heavy atom. The Bertz CT molecular complexity index is 841. The van der Waals surface area contributed by atoms with Gasteiger partial charge in [0.2, 0.25) is 5.91 Å². The number of likely N-dealkylation sites (tertiary alicyclic amines) is 1. The lowest BCUT2D eigenvalue weighted by Gasteiger charge is -2.41. The molecule has 0 radical (unpaired) electrons. The second kappa shape index (κ2) is 8.53. The Morgan fingerprint density at radius 2 is 2.00 bits per heavy atom. The van der Waals surface area contributed by atoms with Crippen molar-refractivity contribution in [2.45, 2.75) is 57.1 Å². The molecule has 3 fully saturated rings. The molecule has 170 valence electrons. The number of carbonyl (C=O) groups is 2. The van der Waals surface area contributed by atoms with Gasteiger partial charge in [-0.2, -0.15) is 0 Å². The maximum Gasteiger partial charge on any atom is 0.411 e. The molecule has 4 rings (SSSR count). The Morgan fingerprint density at radius 3 is 2.68 bits per heavy atom. The van der Waals surface area contributed by atoms with Crippen LogP contribution >= 0.6 is 0 Å². The molecule has 1 saturated carbocycles. The number of aliphatic hydroxyl groups excluding tert-OH is 1. The van der Waals surface area contributed by atoms with E-state index in [-0.39, 0.29) is 18.1 Å². The van der Waals surface area contributed by atoms with Gasteiger partial charge < -0.3 is 24.7 Å². The van der Waals surface area contributed by atoms with Gasteiger partial charge in [-0.05, 0) is 44.9 Å². The van der Waals surface area contributed by atoms with Crippen molar-refractivity contribution in [1.29, 1.82) is 0 Å². The number of hydrogen-bond donors (Lipinski definition) is 2. The zero-order valence-corrected chi connectivity index (χ0v) is 18.3. The van der Waals surface area contributed by atoms with Crippen LogP contribution in [0.4, 0.5) is 16.3 Å². The lowest BCUT2D eigenvalue weighted by Crippen LogP contribution is -2.50. The molecule has 0 aromatic carbocycles. The van der Waals surface area contributed by atoms with Crippen LogP contribution in [0.5, 0.6) is 5.75 Å². The van der Waals surface area contributed by atoms with Crippen molar-refractivity contribution in [1.82, 2.24) is 9.88 Å². The van der Waals surface area contributed by atoms with Gasteiger partial charge in [-0.15, -0.1) is 0 Å². The van der Waals surface area contributed by atoms with E-state index in [0.29, 0.717) is 23.8 Å². The number of nitrogens with zero attached hydrogens (tertiary/aromatic N) is 4. The third-order valence-electron chi connectivity index (χ3n) is 7.24. The average molecular weight is 433 g/mol. The van der Waals surface area contributed by atoms with Gasteiger partial charge in [-0.25, -0.2) is 9.78 Å². The SMILES string of the molecule is COc1cc(N(C)C(=O)O)cnc1N1CCCC2(CCN([C@H]3CC[C@@H](O)CC3)C2=O)C1. The number of carbonyl (C=O) groups excluding carboxylic acids is 1. The number of pyridine rings is 1. The number of amides is 2. The summed E-state index contributed by atoms with van der Waals surface area (Å²) in [6.07, 6.45) is 6.13. The van der Waals surface area contributed by atoms with Crippen molar-refractivity contribution in [2.75, 3.05) is 43.6 Å². The van der Waals surface area contributed by atoms with E-state index in [1.807, 2.05) is 0 Å². The summed E-state index contributed by atoms with van der Waals surface area (Å²) in [7, 11) is 3.01. The number of ether oxygens (including phenoxy) is 1. The molecule has 1 unspecified atom stereocenters. The number of carboxylic acid groups (broad SMARTS) is 1. The maximum atomic E-state index is 13.5. The highest BCUT2D eigenvalue weighted by molar-refractivity contribution is 5.87. The van der Waals surface area contributed by atoms with Crippen molar-refractivity contribution >= 4 is 23.5 Å². The molecule has 2 amide bonds. The summed E-state index contributed by atoms with van der Waals surface area (Å²) in [6.45, 7) is 2.15. The van der Waals surface area contributed by atoms with Gasteiger partial charge in [-0.3, -0.25) is 9.69 Å². The third-order valence-corrected chi connectivity index (χ3v) is 7.24. The first-order chi connectivity index (χ1) is 14.8. The summed E-state index contributed by atoms with van der Waals surface area (Å²) < 4.78 is 5.53. The molecule has 9 nitrogen and oxygen atoms in total. The fraction of sp³-hybridized carbons (Fsp3) is 0.682.